The molecular formula is C17H12F3N3O2S. The Morgan fingerprint density at radius 1 is 1.15 bits per heavy atom. The molecule has 5 nitrogen and oxygen atoms in total. The molecule has 0 radical (unpaired) electrons. The highest BCUT2D eigenvalue weighted by molar-refractivity contribution is 7.14. The molecule has 134 valence electrons. The fourth-order valence-electron chi connectivity index (χ4n) is 2.20. The van der Waals surface area contributed by atoms with E-state index in [0.717, 1.165) is 5.56 Å². The van der Waals surface area contributed by atoms with Crippen LogP contribution in [0.4, 0.5) is 18.3 Å². The fourth-order valence-corrected chi connectivity index (χ4v) is 2.93. The first-order valence-corrected chi connectivity index (χ1v) is 8.28. The second-order valence-electron chi connectivity index (χ2n) is 5.15. The zero-order chi connectivity index (χ0) is 18.6. The van der Waals surface area contributed by atoms with Crippen LogP contribution < -0.4 is 10.1 Å². The van der Waals surface area contributed by atoms with Crippen LogP contribution in [-0.2, 0) is 11.2 Å². The minimum absolute atomic E-state index is 0.133. The lowest BCUT2D eigenvalue weighted by Gasteiger charge is -2.12. The number of hydrogen-bond acceptors (Lipinski definition) is 5. The lowest BCUT2D eigenvalue weighted by Crippen LogP contribution is -2.20. The third-order valence-corrected chi connectivity index (χ3v) is 4.03. The molecule has 0 fully saturated rings. The van der Waals surface area contributed by atoms with E-state index < -0.39 is 18.0 Å². The molecular weight excluding hydrogens is 367 g/mol. The number of amides is 1. The van der Waals surface area contributed by atoms with Crippen molar-refractivity contribution in [2.45, 2.75) is 12.8 Å². The Labute approximate surface area is 150 Å². The average Bonchev–Trinajstić information content (AvgIpc) is 3.04. The molecule has 0 bridgehead atoms. The second kappa shape index (κ2) is 7.52. The van der Waals surface area contributed by atoms with Gasteiger partial charge in [-0.1, -0.05) is 18.2 Å². The van der Waals surface area contributed by atoms with Crippen LogP contribution in [0.3, 0.4) is 0 Å². The molecule has 3 aromatic rings. The topological polar surface area (TPSA) is 64.1 Å². The Hall–Kier alpha value is -2.94. The minimum atomic E-state index is -4.82. The number of nitrogens with zero attached hydrogens (tertiary/aromatic N) is 2. The molecule has 2 heterocycles. The zero-order valence-electron chi connectivity index (χ0n) is 13.2. The largest absolute Gasteiger partial charge is 0.573 e. The van der Waals surface area contributed by atoms with Gasteiger partial charge in [-0.15, -0.1) is 24.5 Å². The Kier molecular flexibility index (Phi) is 5.17. The predicted octanol–water partition coefficient (Wildman–Crippen LogP) is 4.28. The summed E-state index contributed by atoms with van der Waals surface area (Å²) in [6.45, 7) is 0. The lowest BCUT2D eigenvalue weighted by molar-refractivity contribution is -0.274. The first-order chi connectivity index (χ1) is 12.4. The van der Waals surface area contributed by atoms with Crippen LogP contribution in [-0.4, -0.2) is 22.2 Å². The molecule has 1 amide bonds. The number of carbonyl (C=O) groups excluding carboxylic acids is 1. The first kappa shape index (κ1) is 17.9. The molecule has 1 aromatic carbocycles. The first-order valence-electron chi connectivity index (χ1n) is 7.40. The number of anilines is 1. The van der Waals surface area contributed by atoms with Crippen molar-refractivity contribution >= 4 is 22.4 Å². The van der Waals surface area contributed by atoms with Crippen molar-refractivity contribution in [3.05, 3.63) is 59.7 Å². The molecule has 0 atom stereocenters. The number of thiazole rings is 1. The van der Waals surface area contributed by atoms with E-state index in [1.165, 1.54) is 35.6 Å². The van der Waals surface area contributed by atoms with Crippen molar-refractivity contribution in [2.24, 2.45) is 0 Å². The van der Waals surface area contributed by atoms with Crippen LogP contribution in [0.5, 0.6) is 5.75 Å². The minimum Gasteiger partial charge on any atom is -0.405 e. The summed E-state index contributed by atoms with van der Waals surface area (Å²) in [6, 6.07) is 9.09. The highest BCUT2D eigenvalue weighted by atomic mass is 32.1. The molecule has 9 heteroatoms. The van der Waals surface area contributed by atoms with Gasteiger partial charge < -0.3 is 10.1 Å². The maximum absolute atomic E-state index is 12.4. The highest BCUT2D eigenvalue weighted by Gasteiger charge is 2.32. The van der Waals surface area contributed by atoms with Gasteiger partial charge in [0.15, 0.2) is 5.13 Å². The van der Waals surface area contributed by atoms with Crippen LogP contribution in [0.25, 0.3) is 11.3 Å². The molecule has 0 saturated carbocycles. The molecule has 0 aliphatic carbocycles. The summed E-state index contributed by atoms with van der Waals surface area (Å²) in [6.07, 6.45) is -1.83. The summed E-state index contributed by atoms with van der Waals surface area (Å²) in [7, 11) is 0. The van der Waals surface area contributed by atoms with Gasteiger partial charge in [0.1, 0.15) is 5.75 Å². The SMILES string of the molecule is O=C(Cc1ccccc1OC(F)(F)F)Nc1nc(-c2ccncc2)cs1. The number of halogens is 3. The van der Waals surface area contributed by atoms with Gasteiger partial charge in [-0.05, 0) is 18.2 Å². The molecule has 0 spiro atoms. The van der Waals surface area contributed by atoms with Crippen molar-refractivity contribution < 1.29 is 22.7 Å². The van der Waals surface area contributed by atoms with E-state index in [0.29, 0.717) is 10.8 Å². The summed E-state index contributed by atoms with van der Waals surface area (Å²) in [5.74, 6) is -0.884. The van der Waals surface area contributed by atoms with Crippen LogP contribution in [0.1, 0.15) is 5.56 Å². The van der Waals surface area contributed by atoms with E-state index in [2.05, 4.69) is 20.0 Å². The summed E-state index contributed by atoms with van der Waals surface area (Å²) in [5.41, 5.74) is 1.66. The van der Waals surface area contributed by atoms with Crippen LogP contribution in [0, 0.1) is 0 Å². The summed E-state index contributed by atoms with van der Waals surface area (Å²) < 4.78 is 41.2. The van der Waals surface area contributed by atoms with E-state index >= 15 is 0 Å². The second-order valence-corrected chi connectivity index (χ2v) is 6.01. The lowest BCUT2D eigenvalue weighted by atomic mass is 10.1. The maximum Gasteiger partial charge on any atom is 0.573 e. The highest BCUT2D eigenvalue weighted by Crippen LogP contribution is 2.27. The maximum atomic E-state index is 12.4. The molecule has 0 saturated heterocycles. The quantitative estimate of drug-likeness (QED) is 0.719. The summed E-state index contributed by atoms with van der Waals surface area (Å²) >= 11 is 1.22. The van der Waals surface area contributed by atoms with Crippen molar-refractivity contribution in [1.82, 2.24) is 9.97 Å². The Bertz CT molecular complexity index is 898. The van der Waals surface area contributed by atoms with Crippen molar-refractivity contribution in [3.8, 4) is 17.0 Å². The van der Waals surface area contributed by atoms with E-state index in [4.69, 9.17) is 0 Å². The molecule has 0 aliphatic heterocycles. The Morgan fingerprint density at radius 2 is 1.88 bits per heavy atom. The van der Waals surface area contributed by atoms with Crippen molar-refractivity contribution in [3.63, 3.8) is 0 Å². The standard InChI is InChI=1S/C17H12F3N3O2S/c18-17(19,20)25-14-4-2-1-3-12(14)9-15(24)23-16-22-13(10-26-16)11-5-7-21-8-6-11/h1-8,10H,9H2,(H,22,23,24). The van der Waals surface area contributed by atoms with E-state index in [1.807, 2.05) is 0 Å². The monoisotopic (exact) mass is 379 g/mol. The third kappa shape index (κ3) is 4.79. The van der Waals surface area contributed by atoms with Crippen molar-refractivity contribution in [2.75, 3.05) is 5.32 Å². The number of rotatable bonds is 5. The van der Waals surface area contributed by atoms with Gasteiger partial charge in [-0.2, -0.15) is 0 Å². The predicted molar refractivity (Wildman–Crippen MR) is 90.8 cm³/mol. The van der Waals surface area contributed by atoms with Crippen molar-refractivity contribution in [1.29, 1.82) is 0 Å². The van der Waals surface area contributed by atoms with Gasteiger partial charge in [-0.3, -0.25) is 9.78 Å². The number of aromatic nitrogens is 2. The molecule has 3 rings (SSSR count). The summed E-state index contributed by atoms with van der Waals surface area (Å²) in [4.78, 5) is 20.4. The van der Waals surface area contributed by atoms with Gasteiger partial charge >= 0.3 is 6.36 Å². The third-order valence-electron chi connectivity index (χ3n) is 3.28. The summed E-state index contributed by atoms with van der Waals surface area (Å²) in [5, 5.41) is 4.71. The number of para-hydroxylation sites is 1. The molecule has 0 unspecified atom stereocenters. The van der Waals surface area contributed by atoms with E-state index in [-0.39, 0.29) is 12.0 Å². The van der Waals surface area contributed by atoms with Gasteiger partial charge in [0.25, 0.3) is 0 Å². The number of benzene rings is 1. The Morgan fingerprint density at radius 3 is 2.62 bits per heavy atom. The number of pyridine rings is 1. The number of ether oxygens (including phenoxy) is 1. The number of nitrogens with one attached hydrogen (secondary N) is 1. The Balaban J connectivity index is 1.68. The molecule has 2 aromatic heterocycles. The molecule has 1 N–H and O–H groups in total. The van der Waals surface area contributed by atoms with E-state index in [1.54, 1.807) is 29.9 Å². The van der Waals surface area contributed by atoms with Gasteiger partial charge in [0.05, 0.1) is 12.1 Å². The zero-order valence-corrected chi connectivity index (χ0v) is 14.0. The normalized spacial score (nSPS) is 11.2. The molecule has 0 aliphatic rings. The molecule has 26 heavy (non-hydrogen) atoms. The van der Waals surface area contributed by atoms with Gasteiger partial charge in [0, 0.05) is 28.9 Å². The smallest absolute Gasteiger partial charge is 0.405 e. The fraction of sp³-hybridized carbons (Fsp3) is 0.118. The van der Waals surface area contributed by atoms with Crippen LogP contribution >= 0.6 is 11.3 Å². The van der Waals surface area contributed by atoms with Gasteiger partial charge in [0.2, 0.25) is 5.91 Å². The van der Waals surface area contributed by atoms with Crippen LogP contribution in [0.2, 0.25) is 0 Å². The van der Waals surface area contributed by atoms with Crippen LogP contribution in [0.15, 0.2) is 54.2 Å². The van der Waals surface area contributed by atoms with Gasteiger partial charge in [-0.25, -0.2) is 4.98 Å². The number of carbonyl (C=O) groups is 1. The number of hydrogen-bond donors (Lipinski definition) is 1. The van der Waals surface area contributed by atoms with E-state index in [9.17, 15) is 18.0 Å². The number of alkyl halides is 3. The average molecular weight is 379 g/mol.